The van der Waals surface area contributed by atoms with Crippen molar-refractivity contribution in [3.05, 3.63) is 0 Å². The lowest BCUT2D eigenvalue weighted by molar-refractivity contribution is -0.143. The van der Waals surface area contributed by atoms with Gasteiger partial charge < -0.3 is 15.7 Å². The molecule has 0 aromatic heterocycles. The quantitative estimate of drug-likeness (QED) is 0.712. The molecule has 2 fully saturated rings. The van der Waals surface area contributed by atoms with Crippen molar-refractivity contribution in [1.82, 2.24) is 10.6 Å². The van der Waals surface area contributed by atoms with Gasteiger partial charge in [0, 0.05) is 12.5 Å². The van der Waals surface area contributed by atoms with Crippen LogP contribution in [0, 0.1) is 17.8 Å². The lowest BCUT2D eigenvalue weighted by Crippen LogP contribution is -2.45. The number of rotatable bonds is 5. The fourth-order valence-corrected chi connectivity index (χ4v) is 3.64. The van der Waals surface area contributed by atoms with Crippen LogP contribution in [-0.2, 0) is 9.59 Å². The lowest BCUT2D eigenvalue weighted by atomic mass is 9.78. The van der Waals surface area contributed by atoms with Crippen LogP contribution < -0.4 is 10.6 Å². The zero-order valence-electron chi connectivity index (χ0n) is 12.4. The number of amides is 1. The molecule has 1 amide bonds. The summed E-state index contributed by atoms with van der Waals surface area (Å²) in [4.78, 5) is 23.2. The molecule has 0 aromatic carbocycles. The molecule has 3 N–H and O–H groups in total. The summed E-state index contributed by atoms with van der Waals surface area (Å²) in [5.74, 6) is -0.211. The molecule has 4 atom stereocenters. The Balaban J connectivity index is 1.86. The predicted octanol–water partition coefficient (Wildman–Crippen LogP) is 1.38. The molecule has 114 valence electrons. The first-order valence-electron chi connectivity index (χ1n) is 7.74. The summed E-state index contributed by atoms with van der Waals surface area (Å²) in [7, 11) is 0. The molecule has 1 saturated heterocycles. The largest absolute Gasteiger partial charge is 0.480 e. The fraction of sp³-hybridized carbons (Fsp3) is 0.867. The topological polar surface area (TPSA) is 78.4 Å². The van der Waals surface area contributed by atoms with Crippen LogP contribution in [0.15, 0.2) is 0 Å². The van der Waals surface area contributed by atoms with Crippen molar-refractivity contribution in [1.29, 1.82) is 0 Å². The number of fused-ring (bicyclic) bond motifs is 1. The van der Waals surface area contributed by atoms with Gasteiger partial charge in [0.15, 0.2) is 0 Å². The van der Waals surface area contributed by atoms with E-state index in [1.807, 2.05) is 13.8 Å². The lowest BCUT2D eigenvalue weighted by Gasteiger charge is -2.28. The van der Waals surface area contributed by atoms with Gasteiger partial charge in [-0.25, -0.2) is 4.79 Å². The first-order valence-corrected chi connectivity index (χ1v) is 7.74. The van der Waals surface area contributed by atoms with E-state index in [0.717, 1.165) is 6.54 Å². The summed E-state index contributed by atoms with van der Waals surface area (Å²) < 4.78 is 0. The first kappa shape index (κ1) is 15.3. The van der Waals surface area contributed by atoms with E-state index >= 15 is 0 Å². The summed E-state index contributed by atoms with van der Waals surface area (Å²) in [6.45, 7) is 4.52. The molecule has 20 heavy (non-hydrogen) atoms. The summed E-state index contributed by atoms with van der Waals surface area (Å²) >= 11 is 0. The molecule has 0 radical (unpaired) electrons. The third kappa shape index (κ3) is 3.51. The van der Waals surface area contributed by atoms with Gasteiger partial charge in [-0.05, 0) is 37.1 Å². The standard InChI is InChI=1S/C15H26N2O3/c1-9(2)14(15(19)20)17-13(18)7-10-8-16-12-6-4-3-5-11(10)12/h9-12,14,16H,3-8H2,1-2H3,(H,17,18)(H,19,20). The molecule has 1 aliphatic carbocycles. The number of hydrogen-bond acceptors (Lipinski definition) is 3. The minimum Gasteiger partial charge on any atom is -0.480 e. The third-order valence-electron chi connectivity index (χ3n) is 4.76. The van der Waals surface area contributed by atoms with E-state index in [0.29, 0.717) is 24.3 Å². The summed E-state index contributed by atoms with van der Waals surface area (Å²) in [6, 6.07) is -0.207. The van der Waals surface area contributed by atoms with E-state index in [4.69, 9.17) is 5.11 Å². The van der Waals surface area contributed by atoms with Crippen LogP contribution in [0.2, 0.25) is 0 Å². The Kier molecular flexibility index (Phi) is 5.02. The van der Waals surface area contributed by atoms with Crippen LogP contribution in [0.4, 0.5) is 0 Å². The molecular weight excluding hydrogens is 256 g/mol. The highest BCUT2D eigenvalue weighted by Gasteiger charge is 2.38. The van der Waals surface area contributed by atoms with E-state index in [1.54, 1.807) is 0 Å². The van der Waals surface area contributed by atoms with Crippen LogP contribution in [0.5, 0.6) is 0 Å². The van der Waals surface area contributed by atoms with E-state index in [-0.39, 0.29) is 11.8 Å². The number of hydrogen-bond donors (Lipinski definition) is 3. The van der Waals surface area contributed by atoms with Crippen LogP contribution in [0.1, 0.15) is 46.0 Å². The first-order chi connectivity index (χ1) is 9.49. The molecule has 5 heteroatoms. The molecule has 1 heterocycles. The van der Waals surface area contributed by atoms with Gasteiger partial charge in [0.2, 0.25) is 5.91 Å². The Labute approximate surface area is 120 Å². The Bertz CT molecular complexity index is 370. The van der Waals surface area contributed by atoms with Crippen LogP contribution in [0.25, 0.3) is 0 Å². The molecule has 0 aromatic rings. The summed E-state index contributed by atoms with van der Waals surface area (Å²) in [5.41, 5.74) is 0. The molecule has 2 rings (SSSR count). The highest BCUT2D eigenvalue weighted by molar-refractivity contribution is 5.83. The average Bonchev–Trinajstić information content (AvgIpc) is 2.79. The molecule has 0 bridgehead atoms. The number of aliphatic carboxylic acids is 1. The second-order valence-corrected chi connectivity index (χ2v) is 6.55. The van der Waals surface area contributed by atoms with Gasteiger partial charge in [-0.2, -0.15) is 0 Å². The maximum absolute atomic E-state index is 12.1. The second-order valence-electron chi connectivity index (χ2n) is 6.55. The van der Waals surface area contributed by atoms with Crippen molar-refractivity contribution in [3.63, 3.8) is 0 Å². The van der Waals surface area contributed by atoms with E-state index < -0.39 is 12.0 Å². The van der Waals surface area contributed by atoms with Gasteiger partial charge in [-0.3, -0.25) is 4.79 Å². The molecule has 2 aliphatic rings. The molecule has 1 aliphatic heterocycles. The SMILES string of the molecule is CC(C)C(NC(=O)CC1CNC2CCCCC12)C(=O)O. The van der Waals surface area contributed by atoms with E-state index in [2.05, 4.69) is 10.6 Å². The maximum atomic E-state index is 12.1. The van der Waals surface area contributed by atoms with Gasteiger partial charge in [0.25, 0.3) is 0 Å². The smallest absolute Gasteiger partial charge is 0.326 e. The maximum Gasteiger partial charge on any atom is 0.326 e. The molecule has 0 spiro atoms. The molecule has 1 saturated carbocycles. The fourth-order valence-electron chi connectivity index (χ4n) is 3.64. The minimum atomic E-state index is -0.951. The summed E-state index contributed by atoms with van der Waals surface area (Å²) in [5, 5.41) is 15.3. The Morgan fingerprint density at radius 2 is 2.00 bits per heavy atom. The molecular formula is C15H26N2O3. The molecule has 4 unspecified atom stereocenters. The highest BCUT2D eigenvalue weighted by Crippen LogP contribution is 2.36. The minimum absolute atomic E-state index is 0.0967. The number of carbonyl (C=O) groups is 2. The van der Waals surface area contributed by atoms with Crippen LogP contribution in [-0.4, -0.2) is 35.6 Å². The van der Waals surface area contributed by atoms with Gasteiger partial charge >= 0.3 is 5.97 Å². The van der Waals surface area contributed by atoms with Gasteiger partial charge in [0.05, 0.1) is 0 Å². The Morgan fingerprint density at radius 3 is 2.65 bits per heavy atom. The number of carboxylic acid groups (broad SMARTS) is 1. The van der Waals surface area contributed by atoms with Gasteiger partial charge in [0.1, 0.15) is 6.04 Å². The zero-order chi connectivity index (χ0) is 14.7. The van der Waals surface area contributed by atoms with E-state index in [9.17, 15) is 9.59 Å². The summed E-state index contributed by atoms with van der Waals surface area (Å²) in [6.07, 6.45) is 5.39. The second kappa shape index (κ2) is 6.57. The van der Waals surface area contributed by atoms with E-state index in [1.165, 1.54) is 25.7 Å². The number of carboxylic acids is 1. The monoisotopic (exact) mass is 282 g/mol. The van der Waals surface area contributed by atoms with Gasteiger partial charge in [-0.15, -0.1) is 0 Å². The highest BCUT2D eigenvalue weighted by atomic mass is 16.4. The average molecular weight is 282 g/mol. The predicted molar refractivity (Wildman–Crippen MR) is 76.3 cm³/mol. The van der Waals surface area contributed by atoms with Gasteiger partial charge in [-0.1, -0.05) is 26.7 Å². The van der Waals surface area contributed by atoms with Crippen molar-refractivity contribution >= 4 is 11.9 Å². The van der Waals surface area contributed by atoms with Crippen LogP contribution >= 0.6 is 0 Å². The van der Waals surface area contributed by atoms with Crippen molar-refractivity contribution < 1.29 is 14.7 Å². The van der Waals surface area contributed by atoms with Crippen molar-refractivity contribution in [2.45, 2.75) is 58.0 Å². The van der Waals surface area contributed by atoms with Crippen molar-refractivity contribution in [2.24, 2.45) is 17.8 Å². The Morgan fingerprint density at radius 1 is 1.30 bits per heavy atom. The number of carbonyl (C=O) groups excluding carboxylic acids is 1. The number of nitrogens with one attached hydrogen (secondary N) is 2. The zero-order valence-corrected chi connectivity index (χ0v) is 12.4. The normalized spacial score (nSPS) is 30.9. The van der Waals surface area contributed by atoms with Crippen LogP contribution in [0.3, 0.4) is 0 Å². The van der Waals surface area contributed by atoms with Crippen molar-refractivity contribution in [2.75, 3.05) is 6.54 Å². The van der Waals surface area contributed by atoms with Crippen molar-refractivity contribution in [3.8, 4) is 0 Å². The third-order valence-corrected chi connectivity index (χ3v) is 4.76. The molecule has 5 nitrogen and oxygen atoms in total. The Hall–Kier alpha value is -1.10.